The zero-order chi connectivity index (χ0) is 20.5. The molecule has 1 aromatic carbocycles. The van der Waals surface area contributed by atoms with Crippen LogP contribution in [-0.2, 0) is 0 Å². The molecule has 5 N–H and O–H groups in total. The fraction of sp³-hybridized carbons (Fsp3) is 0.105. The van der Waals surface area contributed by atoms with Crippen LogP contribution in [-0.4, -0.2) is 24.7 Å². The van der Waals surface area contributed by atoms with Crippen LogP contribution in [0.25, 0.3) is 16.6 Å². The van der Waals surface area contributed by atoms with Crippen molar-refractivity contribution in [3.8, 4) is 11.8 Å². The first-order valence-corrected chi connectivity index (χ1v) is 9.04. The molecular formula is C19H16ClN9. The van der Waals surface area contributed by atoms with Crippen molar-refractivity contribution >= 4 is 40.1 Å². The highest BCUT2D eigenvalue weighted by molar-refractivity contribution is 6.31. The summed E-state index contributed by atoms with van der Waals surface area (Å²) in [6.45, 7) is 1.90. The quantitative estimate of drug-likeness (QED) is 0.469. The second-order valence-corrected chi connectivity index (χ2v) is 6.77. The molecule has 1 unspecified atom stereocenters. The first kappa shape index (κ1) is 18.5. The molecule has 3 heterocycles. The summed E-state index contributed by atoms with van der Waals surface area (Å²) in [6.07, 6.45) is 3.41. The average molecular weight is 406 g/mol. The molecule has 0 aliphatic heterocycles. The second kappa shape index (κ2) is 7.26. The molecule has 10 heteroatoms. The Balaban J connectivity index is 1.82. The minimum atomic E-state index is -0.322. The van der Waals surface area contributed by atoms with Crippen molar-refractivity contribution in [2.24, 2.45) is 0 Å². The highest BCUT2D eigenvalue weighted by Gasteiger charge is 2.20. The Morgan fingerprint density at radius 3 is 2.79 bits per heavy atom. The highest BCUT2D eigenvalue weighted by atomic mass is 35.5. The molecule has 4 rings (SSSR count). The van der Waals surface area contributed by atoms with Crippen LogP contribution in [0.15, 0.2) is 42.7 Å². The third-order valence-corrected chi connectivity index (χ3v) is 4.63. The maximum absolute atomic E-state index is 9.40. The number of benzene rings is 1. The molecule has 4 aromatic rings. The van der Waals surface area contributed by atoms with Gasteiger partial charge < -0.3 is 16.8 Å². The van der Waals surface area contributed by atoms with E-state index >= 15 is 0 Å². The summed E-state index contributed by atoms with van der Waals surface area (Å²) in [5, 5.41) is 18.8. The summed E-state index contributed by atoms with van der Waals surface area (Å²) < 4.78 is 1.77. The number of nitrogen functional groups attached to an aromatic ring is 2. The highest BCUT2D eigenvalue weighted by Crippen LogP contribution is 2.31. The Morgan fingerprint density at radius 2 is 2.07 bits per heavy atom. The van der Waals surface area contributed by atoms with Crippen molar-refractivity contribution in [2.45, 2.75) is 13.0 Å². The van der Waals surface area contributed by atoms with E-state index in [4.69, 9.17) is 28.2 Å². The van der Waals surface area contributed by atoms with Gasteiger partial charge in [0.15, 0.2) is 5.82 Å². The van der Waals surface area contributed by atoms with Crippen LogP contribution in [0, 0.1) is 11.3 Å². The zero-order valence-electron chi connectivity index (χ0n) is 15.3. The predicted octanol–water partition coefficient (Wildman–Crippen LogP) is 3.07. The Labute approximate surface area is 171 Å². The fourth-order valence-corrected chi connectivity index (χ4v) is 3.26. The van der Waals surface area contributed by atoms with Gasteiger partial charge in [-0.05, 0) is 37.3 Å². The van der Waals surface area contributed by atoms with E-state index in [-0.39, 0.29) is 29.2 Å². The SMILES string of the molecule is CC(Nc1nc(N)nc(N)c1C#N)c1nn(-c2cccnc2)c2cc(Cl)ccc12. The van der Waals surface area contributed by atoms with E-state index in [0.29, 0.717) is 5.02 Å². The molecule has 0 bridgehead atoms. The first-order valence-electron chi connectivity index (χ1n) is 8.66. The third kappa shape index (κ3) is 3.37. The lowest BCUT2D eigenvalue weighted by atomic mass is 10.1. The van der Waals surface area contributed by atoms with Crippen LogP contribution in [0.3, 0.4) is 0 Å². The molecule has 3 aromatic heterocycles. The molecule has 0 saturated carbocycles. The van der Waals surface area contributed by atoms with Crippen molar-refractivity contribution in [3.05, 3.63) is 59.0 Å². The number of anilines is 3. The molecule has 0 amide bonds. The van der Waals surface area contributed by atoms with E-state index in [1.54, 1.807) is 23.1 Å². The van der Waals surface area contributed by atoms with Gasteiger partial charge in [0.1, 0.15) is 17.5 Å². The van der Waals surface area contributed by atoms with E-state index in [0.717, 1.165) is 22.3 Å². The van der Waals surface area contributed by atoms with Crippen LogP contribution in [0.2, 0.25) is 5.02 Å². The molecule has 9 nitrogen and oxygen atoms in total. The maximum atomic E-state index is 9.40. The molecule has 0 aliphatic carbocycles. The minimum absolute atomic E-state index is 0.0197. The van der Waals surface area contributed by atoms with Gasteiger partial charge in [-0.15, -0.1) is 0 Å². The average Bonchev–Trinajstić information content (AvgIpc) is 3.07. The monoisotopic (exact) mass is 405 g/mol. The number of hydrogen-bond acceptors (Lipinski definition) is 8. The summed E-state index contributed by atoms with van der Waals surface area (Å²) in [5.74, 6) is 0.254. The number of nitrogens with two attached hydrogens (primary N) is 2. The summed E-state index contributed by atoms with van der Waals surface area (Å²) >= 11 is 6.22. The number of halogens is 1. The molecule has 144 valence electrons. The third-order valence-electron chi connectivity index (χ3n) is 4.39. The van der Waals surface area contributed by atoms with Crippen molar-refractivity contribution in [3.63, 3.8) is 0 Å². The lowest BCUT2D eigenvalue weighted by Gasteiger charge is -2.15. The number of hydrogen-bond donors (Lipinski definition) is 3. The predicted molar refractivity (Wildman–Crippen MR) is 111 cm³/mol. The van der Waals surface area contributed by atoms with Crippen LogP contribution < -0.4 is 16.8 Å². The van der Waals surface area contributed by atoms with E-state index in [1.807, 2.05) is 37.3 Å². The number of rotatable bonds is 4. The summed E-state index contributed by atoms with van der Waals surface area (Å²) in [4.78, 5) is 12.1. The van der Waals surface area contributed by atoms with E-state index < -0.39 is 0 Å². The molecule has 0 spiro atoms. The van der Waals surface area contributed by atoms with Gasteiger partial charge in [-0.2, -0.15) is 20.3 Å². The van der Waals surface area contributed by atoms with Gasteiger partial charge in [-0.1, -0.05) is 11.6 Å². The first-order chi connectivity index (χ1) is 14.0. The van der Waals surface area contributed by atoms with Gasteiger partial charge in [-0.3, -0.25) is 4.98 Å². The summed E-state index contributed by atoms with van der Waals surface area (Å²) in [7, 11) is 0. The summed E-state index contributed by atoms with van der Waals surface area (Å²) in [6, 6.07) is 11.0. The molecule has 0 aliphatic rings. The topological polar surface area (TPSA) is 144 Å². The van der Waals surface area contributed by atoms with Crippen LogP contribution in [0.1, 0.15) is 24.2 Å². The van der Waals surface area contributed by atoms with Gasteiger partial charge >= 0.3 is 0 Å². The Kier molecular flexibility index (Phi) is 4.62. The van der Waals surface area contributed by atoms with Gasteiger partial charge in [0, 0.05) is 16.6 Å². The van der Waals surface area contributed by atoms with Gasteiger partial charge in [0.25, 0.3) is 0 Å². The lowest BCUT2D eigenvalue weighted by molar-refractivity contribution is 0.783. The smallest absolute Gasteiger partial charge is 0.224 e. The molecular weight excluding hydrogens is 390 g/mol. The Hall–Kier alpha value is -3.90. The fourth-order valence-electron chi connectivity index (χ4n) is 3.09. The van der Waals surface area contributed by atoms with E-state index in [2.05, 4.69) is 20.3 Å². The standard InChI is InChI=1S/C19H16ClN9/c1-10(25-18-14(8-21)17(22)26-19(23)27-18)16-13-5-4-11(20)7-15(13)29(28-16)12-3-2-6-24-9-12/h2-7,9-10H,1H3,(H5,22,23,25,26,27). The van der Waals surface area contributed by atoms with E-state index in [1.165, 1.54) is 0 Å². The molecule has 0 radical (unpaired) electrons. The summed E-state index contributed by atoms with van der Waals surface area (Å²) in [5.41, 5.74) is 14.0. The number of aromatic nitrogens is 5. The van der Waals surface area contributed by atoms with Gasteiger partial charge in [-0.25, -0.2) is 4.68 Å². The Morgan fingerprint density at radius 1 is 1.24 bits per heavy atom. The van der Waals surface area contributed by atoms with E-state index in [9.17, 15) is 5.26 Å². The largest absolute Gasteiger partial charge is 0.382 e. The molecule has 29 heavy (non-hydrogen) atoms. The minimum Gasteiger partial charge on any atom is -0.382 e. The number of nitrogens with zero attached hydrogens (tertiary/aromatic N) is 6. The molecule has 1 atom stereocenters. The molecule has 0 fully saturated rings. The van der Waals surface area contributed by atoms with Crippen molar-refractivity contribution in [2.75, 3.05) is 16.8 Å². The normalized spacial score (nSPS) is 11.9. The molecule has 0 saturated heterocycles. The van der Waals surface area contributed by atoms with Crippen LogP contribution in [0.4, 0.5) is 17.6 Å². The number of nitrogens with one attached hydrogen (secondary N) is 1. The number of fused-ring (bicyclic) bond motifs is 1. The maximum Gasteiger partial charge on any atom is 0.224 e. The van der Waals surface area contributed by atoms with Crippen molar-refractivity contribution < 1.29 is 0 Å². The van der Waals surface area contributed by atoms with Crippen LogP contribution in [0.5, 0.6) is 0 Å². The number of pyridine rings is 1. The van der Waals surface area contributed by atoms with Gasteiger partial charge in [0.05, 0.1) is 29.1 Å². The lowest BCUT2D eigenvalue weighted by Crippen LogP contribution is -2.14. The Bertz CT molecular complexity index is 1240. The van der Waals surface area contributed by atoms with Crippen LogP contribution >= 0.6 is 11.6 Å². The second-order valence-electron chi connectivity index (χ2n) is 6.34. The number of nitriles is 1. The van der Waals surface area contributed by atoms with Crippen molar-refractivity contribution in [1.29, 1.82) is 5.26 Å². The zero-order valence-corrected chi connectivity index (χ0v) is 16.1. The van der Waals surface area contributed by atoms with Gasteiger partial charge in [0.2, 0.25) is 5.95 Å². The van der Waals surface area contributed by atoms with Crippen molar-refractivity contribution in [1.82, 2.24) is 24.7 Å².